The maximum Gasteiger partial charge on any atom is 0.0528 e. The maximum absolute atomic E-state index is 2.16. The van der Waals surface area contributed by atoms with Gasteiger partial charge in [-0.3, -0.25) is 0 Å². The van der Waals surface area contributed by atoms with E-state index in [1.165, 1.54) is 16.3 Å². The van der Waals surface area contributed by atoms with Crippen molar-refractivity contribution in [3.63, 3.8) is 0 Å². The van der Waals surface area contributed by atoms with Gasteiger partial charge < -0.3 is 4.40 Å². The lowest BCUT2D eigenvalue weighted by molar-refractivity contribution is 1.21. The van der Waals surface area contributed by atoms with Gasteiger partial charge >= 0.3 is 0 Å². The first kappa shape index (κ1) is 6.72. The average Bonchev–Trinajstić information content (AvgIpc) is 2.65. The van der Waals surface area contributed by atoms with Crippen molar-refractivity contribution >= 4 is 16.3 Å². The van der Waals surface area contributed by atoms with Crippen LogP contribution >= 0.6 is 0 Å². The molecule has 1 heteroatoms. The molecular weight excluding hydrogens is 158 g/mol. The van der Waals surface area contributed by atoms with Crippen LogP contribution in [0.1, 0.15) is 0 Å². The van der Waals surface area contributed by atoms with E-state index in [-0.39, 0.29) is 0 Å². The van der Waals surface area contributed by atoms with Gasteiger partial charge in [0.15, 0.2) is 0 Å². The van der Waals surface area contributed by atoms with E-state index in [1.807, 2.05) is 0 Å². The summed E-state index contributed by atoms with van der Waals surface area (Å²) >= 11 is 0. The van der Waals surface area contributed by atoms with Gasteiger partial charge in [0, 0.05) is 17.8 Å². The first-order valence-electron chi connectivity index (χ1n) is 4.39. The van der Waals surface area contributed by atoms with Gasteiger partial charge in [-0.15, -0.1) is 0 Å². The lowest BCUT2D eigenvalue weighted by Crippen LogP contribution is -1.81. The Bertz CT molecular complexity index is 563. The molecule has 1 aromatic carbocycles. The van der Waals surface area contributed by atoms with Gasteiger partial charge in [-0.1, -0.05) is 24.3 Å². The molecular formula is C12H9N. The van der Waals surface area contributed by atoms with Gasteiger partial charge in [0.25, 0.3) is 0 Å². The minimum atomic E-state index is 1.28. The molecule has 0 aliphatic rings. The summed E-state index contributed by atoms with van der Waals surface area (Å²) in [5, 5.41) is 2.61. The molecule has 3 rings (SSSR count). The number of rotatable bonds is 0. The largest absolute Gasteiger partial charge is 0.323 e. The molecule has 2 heterocycles. The van der Waals surface area contributed by atoms with Crippen molar-refractivity contribution in [1.29, 1.82) is 0 Å². The van der Waals surface area contributed by atoms with Gasteiger partial charge in [0.1, 0.15) is 0 Å². The summed E-state index contributed by atoms with van der Waals surface area (Å²) < 4.78 is 2.14. The van der Waals surface area contributed by atoms with Crippen molar-refractivity contribution in [3.8, 4) is 0 Å². The van der Waals surface area contributed by atoms with E-state index in [0.717, 1.165) is 0 Å². The Kier molecular flexibility index (Phi) is 1.22. The van der Waals surface area contributed by atoms with Crippen LogP contribution in [0.5, 0.6) is 0 Å². The van der Waals surface area contributed by atoms with Crippen molar-refractivity contribution < 1.29 is 0 Å². The Labute approximate surface area is 76.2 Å². The van der Waals surface area contributed by atoms with Crippen LogP contribution in [0.2, 0.25) is 0 Å². The van der Waals surface area contributed by atoms with Gasteiger partial charge in [-0.2, -0.15) is 0 Å². The lowest BCUT2D eigenvalue weighted by Gasteiger charge is -2.00. The predicted molar refractivity (Wildman–Crippen MR) is 54.9 cm³/mol. The molecule has 0 aliphatic heterocycles. The summed E-state index contributed by atoms with van der Waals surface area (Å²) in [5.41, 5.74) is 1.28. The summed E-state index contributed by atoms with van der Waals surface area (Å²) in [7, 11) is 0. The number of aromatic nitrogens is 1. The number of pyridine rings is 1. The van der Waals surface area contributed by atoms with Crippen LogP contribution in [0, 0.1) is 0 Å². The molecule has 0 unspecified atom stereocenters. The smallest absolute Gasteiger partial charge is 0.0528 e. The highest BCUT2D eigenvalue weighted by molar-refractivity contribution is 5.95. The molecule has 2 aromatic heterocycles. The number of benzene rings is 1. The minimum Gasteiger partial charge on any atom is -0.323 e. The first-order chi connectivity index (χ1) is 6.45. The van der Waals surface area contributed by atoms with Gasteiger partial charge in [0.2, 0.25) is 0 Å². The fourth-order valence-electron chi connectivity index (χ4n) is 1.79. The quantitative estimate of drug-likeness (QED) is 0.484. The standard InChI is InChI=1S/C12H9N/c1-2-5-11-10(4-1)7-9-13-8-3-6-12(11)13/h1-9H. The van der Waals surface area contributed by atoms with Crippen LogP contribution in [0.15, 0.2) is 54.9 Å². The molecule has 0 saturated carbocycles. The van der Waals surface area contributed by atoms with E-state index in [9.17, 15) is 0 Å². The molecule has 0 atom stereocenters. The molecule has 3 aromatic rings. The van der Waals surface area contributed by atoms with Crippen molar-refractivity contribution in [2.45, 2.75) is 0 Å². The van der Waals surface area contributed by atoms with Crippen molar-refractivity contribution in [1.82, 2.24) is 4.40 Å². The molecule has 1 nitrogen and oxygen atoms in total. The van der Waals surface area contributed by atoms with Crippen molar-refractivity contribution in [3.05, 3.63) is 54.9 Å². The molecule has 0 spiro atoms. The lowest BCUT2D eigenvalue weighted by atomic mass is 10.1. The topological polar surface area (TPSA) is 4.41 Å². The highest BCUT2D eigenvalue weighted by Crippen LogP contribution is 2.19. The van der Waals surface area contributed by atoms with Gasteiger partial charge in [0.05, 0.1) is 5.52 Å². The van der Waals surface area contributed by atoms with Crippen LogP contribution in [0.3, 0.4) is 0 Å². The molecule has 0 N–H and O–H groups in total. The number of hydrogen-bond acceptors (Lipinski definition) is 0. The molecule has 0 saturated heterocycles. The average molecular weight is 167 g/mol. The molecule has 0 fully saturated rings. The van der Waals surface area contributed by atoms with Crippen molar-refractivity contribution in [2.24, 2.45) is 0 Å². The third-order valence-corrected chi connectivity index (χ3v) is 2.43. The van der Waals surface area contributed by atoms with Crippen LogP contribution in [-0.4, -0.2) is 4.40 Å². The monoisotopic (exact) mass is 167 g/mol. The fourth-order valence-corrected chi connectivity index (χ4v) is 1.79. The second kappa shape index (κ2) is 2.36. The predicted octanol–water partition coefficient (Wildman–Crippen LogP) is 3.09. The van der Waals surface area contributed by atoms with Crippen molar-refractivity contribution in [2.75, 3.05) is 0 Å². The number of nitrogens with zero attached hydrogens (tertiary/aromatic N) is 1. The minimum absolute atomic E-state index is 1.28. The third kappa shape index (κ3) is 0.872. The second-order valence-corrected chi connectivity index (χ2v) is 3.20. The van der Waals surface area contributed by atoms with Crippen LogP contribution in [0.4, 0.5) is 0 Å². The Hall–Kier alpha value is -1.76. The zero-order chi connectivity index (χ0) is 8.67. The Morgan fingerprint density at radius 1 is 0.769 bits per heavy atom. The maximum atomic E-state index is 2.16. The summed E-state index contributed by atoms with van der Waals surface area (Å²) in [6, 6.07) is 14.8. The van der Waals surface area contributed by atoms with Crippen LogP contribution in [0.25, 0.3) is 16.3 Å². The Morgan fingerprint density at radius 3 is 2.69 bits per heavy atom. The van der Waals surface area contributed by atoms with E-state index in [4.69, 9.17) is 0 Å². The molecule has 13 heavy (non-hydrogen) atoms. The van der Waals surface area contributed by atoms with E-state index >= 15 is 0 Å². The van der Waals surface area contributed by atoms with Crippen LogP contribution < -0.4 is 0 Å². The molecule has 0 radical (unpaired) electrons. The van der Waals surface area contributed by atoms with Gasteiger partial charge in [-0.05, 0) is 23.6 Å². The van der Waals surface area contributed by atoms with E-state index in [0.29, 0.717) is 0 Å². The van der Waals surface area contributed by atoms with Crippen LogP contribution in [-0.2, 0) is 0 Å². The number of hydrogen-bond donors (Lipinski definition) is 0. The zero-order valence-electron chi connectivity index (χ0n) is 7.14. The van der Waals surface area contributed by atoms with E-state index < -0.39 is 0 Å². The second-order valence-electron chi connectivity index (χ2n) is 3.20. The number of fused-ring (bicyclic) bond motifs is 3. The van der Waals surface area contributed by atoms with E-state index in [1.54, 1.807) is 0 Å². The van der Waals surface area contributed by atoms with E-state index in [2.05, 4.69) is 59.3 Å². The first-order valence-corrected chi connectivity index (χ1v) is 4.39. The van der Waals surface area contributed by atoms with Gasteiger partial charge in [-0.25, -0.2) is 0 Å². The summed E-state index contributed by atoms with van der Waals surface area (Å²) in [6.45, 7) is 0. The molecule has 62 valence electrons. The molecule has 0 bridgehead atoms. The fraction of sp³-hybridized carbons (Fsp3) is 0. The molecule has 0 aliphatic carbocycles. The summed E-state index contributed by atoms with van der Waals surface area (Å²) in [4.78, 5) is 0. The molecule has 0 amide bonds. The summed E-state index contributed by atoms with van der Waals surface area (Å²) in [5.74, 6) is 0. The SMILES string of the molecule is c1ccc2c(c1)ccn1cccc21. The highest BCUT2D eigenvalue weighted by Gasteiger charge is 1.97. The highest BCUT2D eigenvalue weighted by atomic mass is 14.8. The summed E-state index contributed by atoms with van der Waals surface area (Å²) in [6.07, 6.45) is 4.17. The Morgan fingerprint density at radius 2 is 1.69 bits per heavy atom. The Balaban J connectivity index is 2.65. The third-order valence-electron chi connectivity index (χ3n) is 2.43. The zero-order valence-corrected chi connectivity index (χ0v) is 7.14. The normalized spacial score (nSPS) is 11.1.